The van der Waals surface area contributed by atoms with Crippen molar-refractivity contribution in [1.29, 1.82) is 0 Å². The van der Waals surface area contributed by atoms with Crippen molar-refractivity contribution in [3.8, 4) is 11.5 Å². The molecular formula is C25H25BrN2O5S. The first kappa shape index (κ1) is 25.5. The van der Waals surface area contributed by atoms with Gasteiger partial charge in [-0.25, -0.2) is 0 Å². The van der Waals surface area contributed by atoms with Gasteiger partial charge in [-0.1, -0.05) is 31.7 Å². The number of aryl methyl sites for hydroxylation is 1. The van der Waals surface area contributed by atoms with Crippen LogP contribution in [0.1, 0.15) is 18.1 Å². The minimum atomic E-state index is -0.517. The summed E-state index contributed by atoms with van der Waals surface area (Å²) in [5, 5.41) is 0.197. The van der Waals surface area contributed by atoms with E-state index in [1.807, 2.05) is 24.3 Å². The molecule has 34 heavy (non-hydrogen) atoms. The highest BCUT2D eigenvalue weighted by atomic mass is 79.9. The average Bonchev–Trinajstić information content (AvgIpc) is 3.06. The summed E-state index contributed by atoms with van der Waals surface area (Å²) < 4.78 is 16.6. The molecule has 0 aromatic heterocycles. The van der Waals surface area contributed by atoms with Crippen LogP contribution in [0.2, 0.25) is 0 Å². The van der Waals surface area contributed by atoms with E-state index in [-0.39, 0.29) is 23.3 Å². The maximum absolute atomic E-state index is 13.5. The number of thiocarbonyl (C=S) groups is 1. The first-order valence-electron chi connectivity index (χ1n) is 10.5. The minimum Gasteiger partial charge on any atom is -0.493 e. The van der Waals surface area contributed by atoms with E-state index in [1.165, 1.54) is 24.0 Å². The Morgan fingerprint density at radius 3 is 2.50 bits per heavy atom. The summed E-state index contributed by atoms with van der Waals surface area (Å²) in [7, 11) is 2.82. The predicted octanol–water partition coefficient (Wildman–Crippen LogP) is 4.73. The SMILES string of the molecule is C=CCOc1c(Br)cc(/C=C2/C(=O)N(c3ccc(CC)cc3)C(=S)N2CC(=O)OC)cc1OC. The maximum Gasteiger partial charge on any atom is 0.325 e. The number of benzene rings is 2. The van der Waals surface area contributed by atoms with E-state index in [1.54, 1.807) is 24.3 Å². The van der Waals surface area contributed by atoms with Crippen molar-refractivity contribution in [1.82, 2.24) is 4.90 Å². The summed E-state index contributed by atoms with van der Waals surface area (Å²) in [5.74, 6) is 0.126. The Balaban J connectivity index is 2.06. The van der Waals surface area contributed by atoms with Gasteiger partial charge in [0.1, 0.15) is 18.8 Å². The fraction of sp³-hybridized carbons (Fsp3) is 0.240. The molecule has 1 heterocycles. The van der Waals surface area contributed by atoms with Crippen LogP contribution in [0.3, 0.4) is 0 Å². The molecule has 0 radical (unpaired) electrons. The van der Waals surface area contributed by atoms with Gasteiger partial charge in [0.05, 0.1) is 24.4 Å². The van der Waals surface area contributed by atoms with Gasteiger partial charge in [0, 0.05) is 0 Å². The fourth-order valence-electron chi connectivity index (χ4n) is 3.40. The van der Waals surface area contributed by atoms with Crippen LogP contribution in [0.5, 0.6) is 11.5 Å². The van der Waals surface area contributed by atoms with Gasteiger partial charge in [-0.15, -0.1) is 0 Å². The van der Waals surface area contributed by atoms with Crippen LogP contribution in [0.25, 0.3) is 6.08 Å². The van der Waals surface area contributed by atoms with Crippen LogP contribution in [0.4, 0.5) is 5.69 Å². The molecule has 1 aliphatic heterocycles. The number of nitrogens with zero attached hydrogens (tertiary/aromatic N) is 2. The highest BCUT2D eigenvalue weighted by Gasteiger charge is 2.40. The van der Waals surface area contributed by atoms with Crippen molar-refractivity contribution >= 4 is 56.9 Å². The van der Waals surface area contributed by atoms with E-state index < -0.39 is 5.97 Å². The third kappa shape index (κ3) is 5.31. The molecule has 1 fully saturated rings. The molecule has 0 atom stereocenters. The van der Waals surface area contributed by atoms with E-state index in [4.69, 9.17) is 26.4 Å². The fourth-order valence-corrected chi connectivity index (χ4v) is 4.32. The smallest absolute Gasteiger partial charge is 0.325 e. The van der Waals surface area contributed by atoms with E-state index in [0.29, 0.717) is 33.8 Å². The quantitative estimate of drug-likeness (QED) is 0.195. The molecule has 1 amide bonds. The van der Waals surface area contributed by atoms with Crippen molar-refractivity contribution < 1.29 is 23.8 Å². The molecule has 0 N–H and O–H groups in total. The first-order chi connectivity index (χ1) is 16.3. The molecule has 7 nitrogen and oxygen atoms in total. The molecule has 2 aromatic rings. The predicted molar refractivity (Wildman–Crippen MR) is 139 cm³/mol. The van der Waals surface area contributed by atoms with E-state index in [0.717, 1.165) is 12.0 Å². The molecule has 0 bridgehead atoms. The lowest BCUT2D eigenvalue weighted by molar-refractivity contribution is -0.140. The first-order valence-corrected chi connectivity index (χ1v) is 11.7. The van der Waals surface area contributed by atoms with Crippen molar-refractivity contribution in [3.05, 3.63) is 70.3 Å². The zero-order chi connectivity index (χ0) is 24.8. The Labute approximate surface area is 212 Å². The Hall–Kier alpha value is -3.17. The minimum absolute atomic E-state index is 0.197. The van der Waals surface area contributed by atoms with Crippen molar-refractivity contribution in [2.75, 3.05) is 32.3 Å². The van der Waals surface area contributed by atoms with Gasteiger partial charge in [0.2, 0.25) is 0 Å². The van der Waals surface area contributed by atoms with E-state index in [2.05, 4.69) is 29.4 Å². The number of methoxy groups -OCH3 is 2. The standard InChI is InChI=1S/C25H25BrN2O5S/c1-5-11-33-23-19(26)12-17(14-21(23)31-3)13-20-24(30)28(18-9-7-16(6-2)8-10-18)25(34)27(20)15-22(29)32-4/h5,7-10,12-14H,1,6,11,15H2,2-4H3/b20-13-. The Kier molecular flexibility index (Phi) is 8.46. The molecule has 3 rings (SSSR count). The van der Waals surface area contributed by atoms with Crippen molar-refractivity contribution in [3.63, 3.8) is 0 Å². The zero-order valence-electron chi connectivity index (χ0n) is 19.2. The van der Waals surface area contributed by atoms with Gasteiger partial charge in [-0.3, -0.25) is 14.5 Å². The number of amides is 1. The topological polar surface area (TPSA) is 68.3 Å². The molecule has 1 aliphatic rings. The third-order valence-corrected chi connectivity index (χ3v) is 6.15. The van der Waals surface area contributed by atoms with Crippen LogP contribution >= 0.6 is 28.1 Å². The average molecular weight is 545 g/mol. The number of hydrogen-bond donors (Lipinski definition) is 0. The summed E-state index contributed by atoms with van der Waals surface area (Å²) >= 11 is 9.10. The Morgan fingerprint density at radius 2 is 1.91 bits per heavy atom. The molecule has 9 heteroatoms. The molecule has 0 saturated carbocycles. The monoisotopic (exact) mass is 544 g/mol. The third-order valence-electron chi connectivity index (χ3n) is 5.15. The van der Waals surface area contributed by atoms with Crippen molar-refractivity contribution in [2.45, 2.75) is 13.3 Å². The zero-order valence-corrected chi connectivity index (χ0v) is 21.6. The molecule has 1 saturated heterocycles. The summed E-state index contributed by atoms with van der Waals surface area (Å²) in [5.41, 5.74) is 2.65. The second-order valence-corrected chi connectivity index (χ2v) is 8.49. The number of ether oxygens (including phenoxy) is 3. The van der Waals surface area contributed by atoms with Gasteiger partial charge >= 0.3 is 5.97 Å². The molecule has 2 aromatic carbocycles. The summed E-state index contributed by atoms with van der Waals surface area (Å²) in [4.78, 5) is 28.5. The van der Waals surface area contributed by atoms with E-state index >= 15 is 0 Å². The van der Waals surface area contributed by atoms with Gasteiger partial charge in [0.15, 0.2) is 16.6 Å². The maximum atomic E-state index is 13.5. The largest absolute Gasteiger partial charge is 0.493 e. The number of carbonyl (C=O) groups is 2. The normalized spacial score (nSPS) is 14.5. The number of halogens is 1. The second kappa shape index (κ2) is 11.3. The van der Waals surface area contributed by atoms with Gasteiger partial charge in [0.25, 0.3) is 5.91 Å². The second-order valence-electron chi connectivity index (χ2n) is 7.27. The number of esters is 1. The molecule has 0 unspecified atom stereocenters. The van der Waals surface area contributed by atoms with E-state index in [9.17, 15) is 9.59 Å². The van der Waals surface area contributed by atoms with Crippen LogP contribution in [-0.2, 0) is 20.7 Å². The van der Waals surface area contributed by atoms with Gasteiger partial charge < -0.3 is 19.1 Å². The molecule has 0 spiro atoms. The highest BCUT2D eigenvalue weighted by molar-refractivity contribution is 9.10. The van der Waals surface area contributed by atoms with Gasteiger partial charge in [-0.2, -0.15) is 0 Å². The Morgan fingerprint density at radius 1 is 1.21 bits per heavy atom. The number of carbonyl (C=O) groups excluding carboxylic acids is 2. The van der Waals surface area contributed by atoms with Gasteiger partial charge in [-0.05, 0) is 76.0 Å². The number of rotatable bonds is 9. The molecular weight excluding hydrogens is 520 g/mol. The number of anilines is 1. The highest BCUT2D eigenvalue weighted by Crippen LogP contribution is 2.38. The lowest BCUT2D eigenvalue weighted by atomic mass is 10.1. The summed E-state index contributed by atoms with van der Waals surface area (Å²) in [6, 6.07) is 11.1. The lowest BCUT2D eigenvalue weighted by Gasteiger charge is -2.19. The van der Waals surface area contributed by atoms with Crippen LogP contribution < -0.4 is 14.4 Å². The lowest BCUT2D eigenvalue weighted by Crippen LogP contribution is -2.35. The van der Waals surface area contributed by atoms with Crippen molar-refractivity contribution in [2.24, 2.45) is 0 Å². The molecule has 178 valence electrons. The van der Waals surface area contributed by atoms with Crippen LogP contribution in [0, 0.1) is 0 Å². The molecule has 0 aliphatic carbocycles. The summed E-state index contributed by atoms with van der Waals surface area (Å²) in [6.45, 7) is 5.82. The Bertz CT molecular complexity index is 1150. The number of hydrogen-bond acceptors (Lipinski definition) is 6. The van der Waals surface area contributed by atoms with Crippen LogP contribution in [-0.4, -0.2) is 49.3 Å². The van der Waals surface area contributed by atoms with Crippen LogP contribution in [0.15, 0.2) is 59.2 Å². The summed E-state index contributed by atoms with van der Waals surface area (Å²) in [6.07, 6.45) is 4.16.